The number of carbonyl (C=O) groups excluding carboxylic acids is 1. The maximum absolute atomic E-state index is 13.7. The fourth-order valence-corrected chi connectivity index (χ4v) is 6.96. The molecule has 0 radical (unpaired) electrons. The van der Waals surface area contributed by atoms with Gasteiger partial charge in [-0.2, -0.15) is 4.31 Å². The number of carbonyl (C=O) groups is 1. The van der Waals surface area contributed by atoms with Gasteiger partial charge in [0.2, 0.25) is 15.9 Å². The van der Waals surface area contributed by atoms with Crippen LogP contribution in [0.15, 0.2) is 53.4 Å². The van der Waals surface area contributed by atoms with Crippen LogP contribution in [0.2, 0.25) is 5.02 Å². The van der Waals surface area contributed by atoms with E-state index in [0.717, 1.165) is 43.4 Å². The molecule has 0 bridgehead atoms. The highest BCUT2D eigenvalue weighted by molar-refractivity contribution is 7.89. The van der Waals surface area contributed by atoms with Crippen molar-refractivity contribution < 1.29 is 22.7 Å². The van der Waals surface area contributed by atoms with E-state index in [0.29, 0.717) is 12.8 Å². The summed E-state index contributed by atoms with van der Waals surface area (Å²) in [5.41, 5.74) is 0.468. The summed E-state index contributed by atoms with van der Waals surface area (Å²) in [5.74, 6) is -0.837. The molecule has 1 fully saturated rings. The van der Waals surface area contributed by atoms with E-state index in [2.05, 4.69) is 5.32 Å². The van der Waals surface area contributed by atoms with Crippen LogP contribution in [0.5, 0.6) is 0 Å². The zero-order chi connectivity index (χ0) is 27.2. The number of amides is 1. The predicted molar refractivity (Wildman–Crippen MR) is 144 cm³/mol. The number of halogens is 2. The summed E-state index contributed by atoms with van der Waals surface area (Å²) in [6.45, 7) is 5.67. The lowest BCUT2D eigenvalue weighted by molar-refractivity contribution is -0.132. The highest BCUT2D eigenvalue weighted by Crippen LogP contribution is 2.41. The molecular weight excluding hydrogens is 515 g/mol. The Bertz CT molecular complexity index is 1150. The molecule has 2 atom stereocenters. The lowest BCUT2D eigenvalue weighted by Crippen LogP contribution is -2.53. The molecule has 0 unspecified atom stereocenters. The van der Waals surface area contributed by atoms with Crippen LogP contribution in [-0.4, -0.2) is 49.0 Å². The molecule has 2 aromatic carbocycles. The van der Waals surface area contributed by atoms with Gasteiger partial charge in [0.05, 0.1) is 22.1 Å². The normalized spacial score (nSPS) is 17.2. The van der Waals surface area contributed by atoms with Crippen LogP contribution in [0, 0.1) is 17.2 Å². The number of sulfonamides is 1. The predicted octanol–water partition coefficient (Wildman–Crippen LogP) is 5.18. The van der Waals surface area contributed by atoms with Gasteiger partial charge in [-0.1, -0.05) is 75.5 Å². The van der Waals surface area contributed by atoms with Crippen molar-refractivity contribution in [2.45, 2.75) is 76.3 Å². The molecule has 1 aliphatic rings. The van der Waals surface area contributed by atoms with Gasteiger partial charge in [0.1, 0.15) is 5.82 Å². The third kappa shape index (κ3) is 7.31. The van der Waals surface area contributed by atoms with Crippen LogP contribution in [0.25, 0.3) is 0 Å². The maximum Gasteiger partial charge on any atom is 0.243 e. The number of rotatable bonds is 12. The minimum absolute atomic E-state index is 0.0399. The fraction of sp³-hybridized carbons (Fsp3) is 0.536. The molecule has 3 rings (SSSR count). The topological polar surface area (TPSA) is 86.7 Å². The first kappa shape index (κ1) is 29.6. The summed E-state index contributed by atoms with van der Waals surface area (Å²) in [6.07, 6.45) is 3.49. The maximum atomic E-state index is 13.7. The van der Waals surface area contributed by atoms with Gasteiger partial charge in [-0.05, 0) is 55.4 Å². The number of hydrogen-bond acceptors (Lipinski definition) is 4. The minimum atomic E-state index is -4.09. The van der Waals surface area contributed by atoms with Crippen LogP contribution >= 0.6 is 11.6 Å². The number of nitrogens with zero attached hydrogens (tertiary/aromatic N) is 1. The number of benzene rings is 2. The summed E-state index contributed by atoms with van der Waals surface area (Å²) in [5, 5.41) is 14.2. The van der Waals surface area contributed by atoms with Crippen LogP contribution in [0.1, 0.15) is 58.4 Å². The van der Waals surface area contributed by atoms with Gasteiger partial charge in [-0.15, -0.1) is 0 Å². The van der Waals surface area contributed by atoms with Crippen molar-refractivity contribution in [1.29, 1.82) is 0 Å². The number of hydrogen-bond donors (Lipinski definition) is 2. The number of nitrogens with one attached hydrogen (secondary N) is 1. The highest BCUT2D eigenvalue weighted by Gasteiger charge is 2.41. The second-order valence-electron chi connectivity index (χ2n) is 10.5. The smallest absolute Gasteiger partial charge is 0.243 e. The van der Waals surface area contributed by atoms with Crippen molar-refractivity contribution in [2.24, 2.45) is 11.3 Å². The zero-order valence-corrected chi connectivity index (χ0v) is 23.4. The molecule has 2 aromatic rings. The van der Waals surface area contributed by atoms with E-state index in [9.17, 15) is 22.7 Å². The van der Waals surface area contributed by atoms with E-state index < -0.39 is 33.4 Å². The average Bonchev–Trinajstić information content (AvgIpc) is 3.35. The second-order valence-corrected chi connectivity index (χ2v) is 12.8. The molecule has 204 valence electrons. The van der Waals surface area contributed by atoms with E-state index in [1.807, 2.05) is 51.1 Å². The summed E-state index contributed by atoms with van der Waals surface area (Å²) in [4.78, 5) is 13.3. The number of aliphatic hydroxyl groups excluding tert-OH is 1. The van der Waals surface area contributed by atoms with E-state index in [1.165, 1.54) is 10.4 Å². The van der Waals surface area contributed by atoms with E-state index in [1.54, 1.807) is 0 Å². The third-order valence-corrected chi connectivity index (χ3v) is 9.40. The lowest BCUT2D eigenvalue weighted by Gasteiger charge is -2.34. The van der Waals surface area contributed by atoms with E-state index >= 15 is 0 Å². The summed E-state index contributed by atoms with van der Waals surface area (Å²) in [7, 11) is -4.09. The second kappa shape index (κ2) is 12.7. The summed E-state index contributed by atoms with van der Waals surface area (Å²) in [6, 6.07) is 12.1. The lowest BCUT2D eigenvalue weighted by atomic mass is 9.82. The van der Waals surface area contributed by atoms with E-state index in [4.69, 9.17) is 11.6 Å². The van der Waals surface area contributed by atoms with Gasteiger partial charge in [-0.25, -0.2) is 12.8 Å². The Hall–Kier alpha value is -2.00. The first-order valence-corrected chi connectivity index (χ1v) is 14.8. The van der Waals surface area contributed by atoms with Crippen LogP contribution < -0.4 is 5.32 Å². The zero-order valence-electron chi connectivity index (χ0n) is 21.8. The Morgan fingerprint density at radius 1 is 1.14 bits per heavy atom. The van der Waals surface area contributed by atoms with Crippen molar-refractivity contribution in [3.63, 3.8) is 0 Å². The molecule has 9 heteroatoms. The van der Waals surface area contributed by atoms with Gasteiger partial charge < -0.3 is 10.4 Å². The first-order chi connectivity index (χ1) is 17.5. The van der Waals surface area contributed by atoms with Crippen molar-refractivity contribution in [1.82, 2.24) is 9.62 Å². The molecule has 1 amide bonds. The molecule has 0 heterocycles. The quantitative estimate of drug-likeness (QED) is 0.379. The van der Waals surface area contributed by atoms with Crippen LogP contribution in [0.3, 0.4) is 0 Å². The minimum Gasteiger partial charge on any atom is -0.390 e. The van der Waals surface area contributed by atoms with Gasteiger partial charge in [-0.3, -0.25) is 4.79 Å². The van der Waals surface area contributed by atoms with Crippen molar-refractivity contribution in [3.05, 3.63) is 64.9 Å². The van der Waals surface area contributed by atoms with Gasteiger partial charge in [0, 0.05) is 18.5 Å². The van der Waals surface area contributed by atoms with Crippen molar-refractivity contribution in [2.75, 3.05) is 13.1 Å². The molecular formula is C28H38ClFN2O4S. The molecule has 0 aliphatic heterocycles. The van der Waals surface area contributed by atoms with Crippen LogP contribution in [-0.2, 0) is 21.2 Å². The largest absolute Gasteiger partial charge is 0.390 e. The van der Waals surface area contributed by atoms with Gasteiger partial charge >= 0.3 is 0 Å². The Morgan fingerprint density at radius 2 is 1.78 bits per heavy atom. The molecule has 1 aliphatic carbocycles. The summed E-state index contributed by atoms with van der Waals surface area (Å²) < 4.78 is 42.0. The Balaban J connectivity index is 1.89. The standard InChI is InChI=1S/C28H38ClFN2O4S/c1-4-28(14-8-9-15-28)27(34)31-25(16-21-10-6-5-7-11-21)26(33)19-32(18-20(2)3)37(35,36)22-12-13-24(30)23(29)17-22/h5-7,10-13,17,20,25-26,33H,4,8-9,14-16,18-19H2,1-3H3,(H,31,34)/t25-,26+/m0/s1. The fourth-order valence-electron chi connectivity index (χ4n) is 5.07. The monoisotopic (exact) mass is 552 g/mol. The summed E-state index contributed by atoms with van der Waals surface area (Å²) >= 11 is 5.87. The molecule has 2 N–H and O–H groups in total. The SMILES string of the molecule is CCC1(C(=O)N[C@@H](Cc2ccccc2)[C@H](O)CN(CC(C)C)S(=O)(=O)c2ccc(F)c(Cl)c2)CCCC1. The third-order valence-electron chi connectivity index (χ3n) is 7.29. The Kier molecular flexibility index (Phi) is 10.1. The van der Waals surface area contributed by atoms with Gasteiger partial charge in [0.15, 0.2) is 0 Å². The highest BCUT2D eigenvalue weighted by atomic mass is 35.5. The van der Waals surface area contributed by atoms with Gasteiger partial charge in [0.25, 0.3) is 0 Å². The Morgan fingerprint density at radius 3 is 2.35 bits per heavy atom. The van der Waals surface area contributed by atoms with Crippen molar-refractivity contribution in [3.8, 4) is 0 Å². The first-order valence-electron chi connectivity index (χ1n) is 13.0. The Labute approximate surface area is 225 Å². The average molecular weight is 553 g/mol. The molecule has 0 saturated heterocycles. The van der Waals surface area contributed by atoms with Crippen LogP contribution in [0.4, 0.5) is 4.39 Å². The van der Waals surface area contributed by atoms with Crippen molar-refractivity contribution >= 4 is 27.5 Å². The molecule has 0 aromatic heterocycles. The van der Waals surface area contributed by atoms with E-state index in [-0.39, 0.29) is 34.8 Å². The molecule has 1 saturated carbocycles. The molecule has 37 heavy (non-hydrogen) atoms. The number of aliphatic hydroxyl groups is 1. The molecule has 0 spiro atoms. The molecule has 6 nitrogen and oxygen atoms in total.